The maximum absolute atomic E-state index is 7.61. The van der Waals surface area contributed by atoms with E-state index in [1.54, 1.807) is 0 Å². The third kappa shape index (κ3) is 3.26. The molecule has 0 aliphatic carbocycles. The fourth-order valence-corrected chi connectivity index (χ4v) is 2.11. The number of nitrogens with two attached hydrogens (primary N) is 1. The van der Waals surface area contributed by atoms with Gasteiger partial charge in [0.2, 0.25) is 0 Å². The maximum Gasteiger partial charge on any atom is 0.124 e. The van der Waals surface area contributed by atoms with Crippen molar-refractivity contribution in [2.45, 2.75) is 6.54 Å². The lowest BCUT2D eigenvalue weighted by molar-refractivity contribution is 0.921. The molecule has 0 saturated heterocycles. The first-order valence-corrected chi connectivity index (χ1v) is 6.34. The van der Waals surface area contributed by atoms with E-state index in [0.29, 0.717) is 0 Å². The van der Waals surface area contributed by atoms with Gasteiger partial charge in [-0.15, -0.1) is 0 Å². The summed E-state index contributed by atoms with van der Waals surface area (Å²) in [5.41, 5.74) is 8.46. The van der Waals surface area contributed by atoms with Crippen LogP contribution in [0, 0.1) is 5.41 Å². The SMILES string of the molecule is CN(Cc1ccc(Cl)cc1)c1ccccc1C(=N)N. The minimum atomic E-state index is 0.0820. The molecule has 0 aliphatic heterocycles. The standard InChI is InChI=1S/C15H16ClN3/c1-19(10-11-6-8-12(16)9-7-11)14-5-3-2-4-13(14)15(17)18/h2-9H,10H2,1H3,(H3,17,18). The first-order chi connectivity index (χ1) is 9.08. The molecule has 0 spiro atoms. The molecular weight excluding hydrogens is 258 g/mol. The van der Waals surface area contributed by atoms with E-state index < -0.39 is 0 Å². The van der Waals surface area contributed by atoms with Crippen molar-refractivity contribution < 1.29 is 0 Å². The van der Waals surface area contributed by atoms with Crippen LogP contribution in [-0.2, 0) is 6.54 Å². The fourth-order valence-electron chi connectivity index (χ4n) is 1.98. The van der Waals surface area contributed by atoms with E-state index in [-0.39, 0.29) is 5.84 Å². The van der Waals surface area contributed by atoms with Crippen LogP contribution in [0.3, 0.4) is 0 Å². The van der Waals surface area contributed by atoms with Gasteiger partial charge in [-0.2, -0.15) is 0 Å². The highest BCUT2D eigenvalue weighted by Crippen LogP contribution is 2.21. The number of anilines is 1. The number of halogens is 1. The first kappa shape index (κ1) is 13.4. The molecule has 2 aromatic carbocycles. The summed E-state index contributed by atoms with van der Waals surface area (Å²) in [7, 11) is 1.98. The molecule has 0 radical (unpaired) electrons. The van der Waals surface area contributed by atoms with Crippen LogP contribution in [0.4, 0.5) is 5.69 Å². The lowest BCUT2D eigenvalue weighted by atomic mass is 10.1. The summed E-state index contributed by atoms with van der Waals surface area (Å²) >= 11 is 5.87. The molecular formula is C15H16ClN3. The summed E-state index contributed by atoms with van der Waals surface area (Å²) in [6.07, 6.45) is 0. The highest BCUT2D eigenvalue weighted by Gasteiger charge is 2.09. The quantitative estimate of drug-likeness (QED) is 0.664. The summed E-state index contributed by atoms with van der Waals surface area (Å²) < 4.78 is 0. The number of rotatable bonds is 4. The fraction of sp³-hybridized carbons (Fsp3) is 0.133. The van der Waals surface area contributed by atoms with Gasteiger partial charge in [-0.05, 0) is 29.8 Å². The molecule has 0 bridgehead atoms. The normalized spacial score (nSPS) is 10.2. The summed E-state index contributed by atoms with van der Waals surface area (Å²) in [5, 5.41) is 8.34. The van der Waals surface area contributed by atoms with Crippen LogP contribution in [-0.4, -0.2) is 12.9 Å². The summed E-state index contributed by atoms with van der Waals surface area (Å²) in [6.45, 7) is 0.738. The molecule has 2 aromatic rings. The van der Waals surface area contributed by atoms with Crippen LogP contribution >= 0.6 is 11.6 Å². The lowest BCUT2D eigenvalue weighted by Crippen LogP contribution is -2.21. The zero-order valence-corrected chi connectivity index (χ0v) is 11.5. The van der Waals surface area contributed by atoms with Crippen molar-refractivity contribution in [3.63, 3.8) is 0 Å². The van der Waals surface area contributed by atoms with Gasteiger partial charge < -0.3 is 10.6 Å². The highest BCUT2D eigenvalue weighted by molar-refractivity contribution is 6.30. The highest BCUT2D eigenvalue weighted by atomic mass is 35.5. The Hall–Kier alpha value is -2.00. The molecule has 0 heterocycles. The number of hydrogen-bond donors (Lipinski definition) is 2. The average molecular weight is 274 g/mol. The smallest absolute Gasteiger partial charge is 0.124 e. The van der Waals surface area contributed by atoms with E-state index in [0.717, 1.165) is 28.4 Å². The number of hydrogen-bond acceptors (Lipinski definition) is 2. The van der Waals surface area contributed by atoms with Crippen molar-refractivity contribution >= 4 is 23.1 Å². The van der Waals surface area contributed by atoms with Crippen LogP contribution < -0.4 is 10.6 Å². The second kappa shape index (κ2) is 5.76. The number of benzene rings is 2. The molecule has 0 aliphatic rings. The number of nitrogens with zero attached hydrogens (tertiary/aromatic N) is 1. The molecule has 0 unspecified atom stereocenters. The number of amidine groups is 1. The Morgan fingerprint density at radius 2 is 1.79 bits per heavy atom. The molecule has 0 aromatic heterocycles. The minimum absolute atomic E-state index is 0.0820. The van der Waals surface area contributed by atoms with Crippen molar-refractivity contribution in [2.24, 2.45) is 5.73 Å². The van der Waals surface area contributed by atoms with Crippen molar-refractivity contribution in [3.05, 3.63) is 64.7 Å². The van der Waals surface area contributed by atoms with Gasteiger partial charge in [-0.25, -0.2) is 0 Å². The molecule has 3 N–H and O–H groups in total. The molecule has 3 nitrogen and oxygen atoms in total. The Labute approximate surface area is 118 Å². The maximum atomic E-state index is 7.61. The predicted octanol–water partition coefficient (Wildman–Crippen LogP) is 3.26. The third-order valence-corrected chi connectivity index (χ3v) is 3.19. The molecule has 4 heteroatoms. The van der Waals surface area contributed by atoms with Crippen LogP contribution in [0.2, 0.25) is 5.02 Å². The number of nitrogen functional groups attached to an aromatic ring is 1. The molecule has 0 amide bonds. The Morgan fingerprint density at radius 3 is 2.42 bits per heavy atom. The Kier molecular flexibility index (Phi) is 4.07. The molecule has 98 valence electrons. The average Bonchev–Trinajstić information content (AvgIpc) is 2.41. The van der Waals surface area contributed by atoms with E-state index in [9.17, 15) is 0 Å². The zero-order valence-electron chi connectivity index (χ0n) is 10.7. The van der Waals surface area contributed by atoms with E-state index in [1.807, 2.05) is 55.6 Å². The van der Waals surface area contributed by atoms with Crippen LogP contribution in [0.25, 0.3) is 0 Å². The van der Waals surface area contributed by atoms with Crippen LogP contribution in [0.15, 0.2) is 48.5 Å². The van der Waals surface area contributed by atoms with Crippen molar-refractivity contribution in [1.82, 2.24) is 0 Å². The zero-order chi connectivity index (χ0) is 13.8. The van der Waals surface area contributed by atoms with Gasteiger partial charge >= 0.3 is 0 Å². The van der Waals surface area contributed by atoms with E-state index >= 15 is 0 Å². The second-order valence-corrected chi connectivity index (χ2v) is 4.85. The Bertz CT molecular complexity index is 578. The minimum Gasteiger partial charge on any atom is -0.384 e. The van der Waals surface area contributed by atoms with E-state index in [2.05, 4.69) is 4.90 Å². The molecule has 0 saturated carbocycles. The van der Waals surface area contributed by atoms with Gasteiger partial charge in [-0.1, -0.05) is 35.9 Å². The van der Waals surface area contributed by atoms with Gasteiger partial charge in [0.1, 0.15) is 5.84 Å². The Balaban J connectivity index is 2.22. The van der Waals surface area contributed by atoms with E-state index in [1.165, 1.54) is 0 Å². The van der Waals surface area contributed by atoms with Gasteiger partial charge in [0.25, 0.3) is 0 Å². The van der Waals surface area contributed by atoms with Crippen molar-refractivity contribution in [1.29, 1.82) is 5.41 Å². The van der Waals surface area contributed by atoms with Gasteiger partial charge in [0.05, 0.1) is 0 Å². The summed E-state index contributed by atoms with van der Waals surface area (Å²) in [4.78, 5) is 2.07. The van der Waals surface area contributed by atoms with Gasteiger partial charge in [0.15, 0.2) is 0 Å². The van der Waals surface area contributed by atoms with Crippen molar-refractivity contribution in [2.75, 3.05) is 11.9 Å². The number of nitrogens with one attached hydrogen (secondary N) is 1. The molecule has 0 atom stereocenters. The van der Waals surface area contributed by atoms with Crippen LogP contribution in [0.5, 0.6) is 0 Å². The Morgan fingerprint density at radius 1 is 1.16 bits per heavy atom. The molecule has 2 rings (SSSR count). The van der Waals surface area contributed by atoms with Crippen LogP contribution in [0.1, 0.15) is 11.1 Å². The topological polar surface area (TPSA) is 53.1 Å². The lowest BCUT2D eigenvalue weighted by Gasteiger charge is -2.22. The molecule has 0 fully saturated rings. The van der Waals surface area contributed by atoms with Gasteiger partial charge in [-0.3, -0.25) is 5.41 Å². The monoisotopic (exact) mass is 273 g/mol. The van der Waals surface area contributed by atoms with E-state index in [4.69, 9.17) is 22.7 Å². The van der Waals surface area contributed by atoms with Gasteiger partial charge in [0, 0.05) is 29.9 Å². The predicted molar refractivity (Wildman–Crippen MR) is 81.0 cm³/mol. The largest absolute Gasteiger partial charge is 0.384 e. The molecule has 19 heavy (non-hydrogen) atoms. The number of para-hydroxylation sites is 1. The summed E-state index contributed by atoms with van der Waals surface area (Å²) in [5.74, 6) is 0.0820. The summed E-state index contributed by atoms with van der Waals surface area (Å²) in [6, 6.07) is 15.4. The first-order valence-electron chi connectivity index (χ1n) is 5.97. The third-order valence-electron chi connectivity index (χ3n) is 2.94. The second-order valence-electron chi connectivity index (χ2n) is 4.41. The van der Waals surface area contributed by atoms with Crippen molar-refractivity contribution in [3.8, 4) is 0 Å².